The number of rotatable bonds is 6. The largest absolute Gasteiger partial charge is 0.310 e. The van der Waals surface area contributed by atoms with Gasteiger partial charge in [-0.2, -0.15) is 9.78 Å². The number of fused-ring (bicyclic) bond motifs is 1. The first kappa shape index (κ1) is 18.7. The van der Waals surface area contributed by atoms with Gasteiger partial charge < -0.3 is 5.32 Å². The van der Waals surface area contributed by atoms with E-state index in [0.717, 1.165) is 26.8 Å². The molecule has 4 aromatic rings. The minimum Gasteiger partial charge on any atom is -0.310 e. The Labute approximate surface area is 171 Å². The lowest BCUT2D eigenvalue weighted by molar-refractivity contribution is -0.115. The first-order chi connectivity index (χ1) is 13.6. The summed E-state index contributed by atoms with van der Waals surface area (Å²) in [4.78, 5) is 18.3. The van der Waals surface area contributed by atoms with E-state index in [2.05, 4.69) is 46.6 Å². The predicted molar refractivity (Wildman–Crippen MR) is 117 cm³/mol. The molecule has 2 aromatic carbocycles. The van der Waals surface area contributed by atoms with Crippen LogP contribution in [0, 0.1) is 13.8 Å². The van der Waals surface area contributed by atoms with Crippen LogP contribution in [0.25, 0.3) is 15.3 Å². The van der Waals surface area contributed by atoms with Crippen molar-refractivity contribution in [1.29, 1.82) is 0 Å². The van der Waals surface area contributed by atoms with Gasteiger partial charge >= 0.3 is 0 Å². The molecule has 7 heteroatoms. The fourth-order valence-corrected chi connectivity index (χ4v) is 4.57. The van der Waals surface area contributed by atoms with Crippen LogP contribution in [-0.2, 0) is 4.79 Å². The maximum absolute atomic E-state index is 12.4. The summed E-state index contributed by atoms with van der Waals surface area (Å²) in [7, 11) is 0. The lowest BCUT2D eigenvalue weighted by Gasteiger charge is -2.06. The molecule has 5 nitrogen and oxygen atoms in total. The third-order valence-corrected chi connectivity index (χ3v) is 6.21. The Balaban J connectivity index is 1.43. The molecule has 1 amide bonds. The quantitative estimate of drug-likeness (QED) is 0.444. The Bertz CT molecular complexity index is 1080. The number of nitrogens with zero attached hydrogens (tertiary/aromatic N) is 3. The lowest BCUT2D eigenvalue weighted by atomic mass is 10.2. The third kappa shape index (κ3) is 4.26. The minimum atomic E-state index is -0.0260. The van der Waals surface area contributed by atoms with Crippen molar-refractivity contribution in [3.8, 4) is 5.13 Å². The Kier molecular flexibility index (Phi) is 5.45. The number of nitrogens with one attached hydrogen (secondary N) is 1. The number of thiazole rings is 1. The van der Waals surface area contributed by atoms with Crippen LogP contribution >= 0.6 is 23.1 Å². The molecule has 2 heterocycles. The van der Waals surface area contributed by atoms with Crippen molar-refractivity contribution in [2.75, 3.05) is 11.1 Å². The van der Waals surface area contributed by atoms with Gasteiger partial charge in [0.15, 0.2) is 0 Å². The molecule has 1 N–H and O–H groups in total. The van der Waals surface area contributed by atoms with Gasteiger partial charge in [-0.05, 0) is 38.1 Å². The number of thioether (sulfide) groups is 1. The Morgan fingerprint density at radius 2 is 1.93 bits per heavy atom. The molecule has 0 spiro atoms. The van der Waals surface area contributed by atoms with E-state index in [1.54, 1.807) is 27.8 Å². The molecule has 0 saturated carbocycles. The number of hydrogen-bond donors (Lipinski definition) is 1. The molecule has 0 aliphatic heterocycles. The van der Waals surface area contributed by atoms with Crippen LogP contribution in [0.4, 0.5) is 5.82 Å². The van der Waals surface area contributed by atoms with Gasteiger partial charge in [0.2, 0.25) is 11.0 Å². The molecular formula is C21H20N4OS2. The summed E-state index contributed by atoms with van der Waals surface area (Å²) in [6.07, 6.45) is 0.433. The zero-order valence-electron chi connectivity index (χ0n) is 15.7. The van der Waals surface area contributed by atoms with Crippen molar-refractivity contribution in [2.45, 2.75) is 25.2 Å². The van der Waals surface area contributed by atoms with Gasteiger partial charge in [-0.1, -0.05) is 41.2 Å². The molecule has 0 radical (unpaired) electrons. The summed E-state index contributed by atoms with van der Waals surface area (Å²) in [5, 5.41) is 8.24. The number of hydrogen-bond acceptors (Lipinski definition) is 5. The van der Waals surface area contributed by atoms with Gasteiger partial charge in [0, 0.05) is 23.1 Å². The van der Waals surface area contributed by atoms with Crippen LogP contribution in [0.1, 0.15) is 17.7 Å². The summed E-state index contributed by atoms with van der Waals surface area (Å²) in [5.41, 5.74) is 3.01. The van der Waals surface area contributed by atoms with Crippen molar-refractivity contribution < 1.29 is 4.79 Å². The average molecular weight is 409 g/mol. The SMILES string of the molecule is Cc1ccc(SCCC(=O)Nc2cc(C)nn2-c2nc3ccccc3s2)cc1. The number of carbonyl (C=O) groups excluding carboxylic acids is 1. The van der Waals surface area contributed by atoms with E-state index in [0.29, 0.717) is 12.2 Å². The van der Waals surface area contributed by atoms with Gasteiger partial charge in [-0.15, -0.1) is 11.8 Å². The summed E-state index contributed by atoms with van der Waals surface area (Å²) in [6.45, 7) is 3.98. The summed E-state index contributed by atoms with van der Waals surface area (Å²) < 4.78 is 2.81. The number of para-hydroxylation sites is 1. The molecule has 2 aromatic heterocycles. The maximum atomic E-state index is 12.4. The minimum absolute atomic E-state index is 0.0260. The highest BCUT2D eigenvalue weighted by Gasteiger charge is 2.14. The monoisotopic (exact) mass is 408 g/mol. The van der Waals surface area contributed by atoms with Gasteiger partial charge in [-0.3, -0.25) is 4.79 Å². The molecule has 0 unspecified atom stereocenters. The van der Waals surface area contributed by atoms with E-state index in [9.17, 15) is 4.79 Å². The first-order valence-corrected chi connectivity index (χ1v) is 10.8. The highest BCUT2D eigenvalue weighted by atomic mass is 32.2. The molecule has 28 heavy (non-hydrogen) atoms. The second-order valence-corrected chi connectivity index (χ2v) is 8.68. The molecule has 0 aliphatic carbocycles. The van der Waals surface area contributed by atoms with E-state index in [-0.39, 0.29) is 5.91 Å². The van der Waals surface area contributed by atoms with Crippen LogP contribution in [0.15, 0.2) is 59.5 Å². The van der Waals surface area contributed by atoms with E-state index in [1.165, 1.54) is 10.5 Å². The Morgan fingerprint density at radius 1 is 1.14 bits per heavy atom. The van der Waals surface area contributed by atoms with Crippen LogP contribution in [-0.4, -0.2) is 26.4 Å². The highest BCUT2D eigenvalue weighted by Crippen LogP contribution is 2.27. The smallest absolute Gasteiger partial charge is 0.226 e. The van der Waals surface area contributed by atoms with Crippen LogP contribution in [0.2, 0.25) is 0 Å². The standard InChI is InChI=1S/C21H20N4OS2/c1-14-7-9-16(10-8-14)27-12-11-20(26)23-19-13-15(2)24-25(19)21-22-17-5-3-4-6-18(17)28-21/h3-10,13H,11-12H2,1-2H3,(H,23,26). The number of aryl methyl sites for hydroxylation is 2. The lowest BCUT2D eigenvalue weighted by Crippen LogP contribution is -2.15. The van der Waals surface area contributed by atoms with Crippen LogP contribution in [0.5, 0.6) is 0 Å². The van der Waals surface area contributed by atoms with Crippen molar-refractivity contribution in [1.82, 2.24) is 14.8 Å². The summed E-state index contributed by atoms with van der Waals surface area (Å²) in [5.74, 6) is 1.35. The van der Waals surface area contributed by atoms with Crippen molar-refractivity contribution >= 4 is 45.0 Å². The number of carbonyl (C=O) groups is 1. The van der Waals surface area contributed by atoms with E-state index < -0.39 is 0 Å². The maximum Gasteiger partial charge on any atom is 0.226 e. The topological polar surface area (TPSA) is 59.8 Å². The average Bonchev–Trinajstić information content (AvgIpc) is 3.26. The Morgan fingerprint density at radius 3 is 2.71 bits per heavy atom. The molecule has 0 bridgehead atoms. The molecule has 0 aliphatic rings. The van der Waals surface area contributed by atoms with Crippen LogP contribution in [0.3, 0.4) is 0 Å². The summed E-state index contributed by atoms with van der Waals surface area (Å²) >= 11 is 3.24. The fourth-order valence-electron chi connectivity index (χ4n) is 2.79. The van der Waals surface area contributed by atoms with Gasteiger partial charge in [-0.25, -0.2) is 4.98 Å². The number of benzene rings is 2. The van der Waals surface area contributed by atoms with Gasteiger partial charge in [0.05, 0.1) is 15.9 Å². The number of amides is 1. The zero-order valence-corrected chi connectivity index (χ0v) is 17.3. The molecule has 4 rings (SSSR count). The molecule has 0 saturated heterocycles. The van der Waals surface area contributed by atoms with Gasteiger partial charge in [0.25, 0.3) is 0 Å². The zero-order chi connectivity index (χ0) is 19.5. The highest BCUT2D eigenvalue weighted by molar-refractivity contribution is 7.99. The van der Waals surface area contributed by atoms with Crippen molar-refractivity contribution in [2.24, 2.45) is 0 Å². The first-order valence-electron chi connectivity index (χ1n) is 9.00. The summed E-state index contributed by atoms with van der Waals surface area (Å²) in [6, 6.07) is 18.2. The normalized spacial score (nSPS) is 11.1. The van der Waals surface area contributed by atoms with Gasteiger partial charge in [0.1, 0.15) is 5.82 Å². The molecule has 142 valence electrons. The second kappa shape index (κ2) is 8.16. The van der Waals surface area contributed by atoms with Crippen molar-refractivity contribution in [3.05, 3.63) is 65.9 Å². The second-order valence-electron chi connectivity index (χ2n) is 6.51. The fraction of sp³-hybridized carbons (Fsp3) is 0.190. The molecule has 0 fully saturated rings. The molecular weight excluding hydrogens is 388 g/mol. The Hall–Kier alpha value is -2.64. The van der Waals surface area contributed by atoms with E-state index in [1.807, 2.05) is 37.3 Å². The third-order valence-electron chi connectivity index (χ3n) is 4.18. The number of anilines is 1. The van der Waals surface area contributed by atoms with Crippen LogP contribution < -0.4 is 5.32 Å². The predicted octanol–water partition coefficient (Wildman–Crippen LogP) is 5.22. The van der Waals surface area contributed by atoms with E-state index in [4.69, 9.17) is 0 Å². The van der Waals surface area contributed by atoms with Crippen molar-refractivity contribution in [3.63, 3.8) is 0 Å². The number of aromatic nitrogens is 3. The molecule has 0 atom stereocenters. The van der Waals surface area contributed by atoms with E-state index >= 15 is 0 Å².